The van der Waals surface area contributed by atoms with Crippen LogP contribution in [0.3, 0.4) is 0 Å². The van der Waals surface area contributed by atoms with E-state index in [2.05, 4.69) is 38.3 Å². The molecule has 3 unspecified atom stereocenters. The largest absolute Gasteiger partial charge is 0.103 e. The Kier molecular flexibility index (Phi) is 3.07. The second-order valence-corrected chi connectivity index (χ2v) is 8.11. The van der Waals surface area contributed by atoms with Crippen LogP contribution < -0.4 is 0 Å². The molecule has 0 radical (unpaired) electrons. The monoisotopic (exact) mass is 280 g/mol. The van der Waals surface area contributed by atoms with Crippen molar-refractivity contribution in [3.05, 3.63) is 48.1 Å². The maximum Gasteiger partial charge on any atom is -0.00670 e. The first-order chi connectivity index (χ1) is 10.1. The molecule has 0 heterocycles. The first-order valence-corrected chi connectivity index (χ1v) is 8.84. The highest BCUT2D eigenvalue weighted by atomic mass is 14.6. The van der Waals surface area contributed by atoms with Gasteiger partial charge in [0.2, 0.25) is 0 Å². The minimum atomic E-state index is 0.545. The molecule has 0 aliphatic heterocycles. The average molecular weight is 280 g/mol. The van der Waals surface area contributed by atoms with E-state index < -0.39 is 0 Å². The van der Waals surface area contributed by atoms with Gasteiger partial charge in [-0.25, -0.2) is 0 Å². The van der Waals surface area contributed by atoms with Gasteiger partial charge in [-0.2, -0.15) is 0 Å². The maximum atomic E-state index is 4.16. The van der Waals surface area contributed by atoms with Crippen molar-refractivity contribution in [3.63, 3.8) is 0 Å². The molecule has 2 saturated carbocycles. The molecular formula is C21H28. The molecular weight excluding hydrogens is 252 g/mol. The van der Waals surface area contributed by atoms with Gasteiger partial charge in [-0.15, -0.1) is 6.58 Å². The fourth-order valence-corrected chi connectivity index (χ4v) is 6.22. The van der Waals surface area contributed by atoms with Gasteiger partial charge in [0.1, 0.15) is 0 Å². The zero-order valence-electron chi connectivity index (χ0n) is 13.4. The van der Waals surface area contributed by atoms with Crippen LogP contribution in [0.4, 0.5) is 0 Å². The molecule has 2 fully saturated rings. The molecule has 5 atom stereocenters. The van der Waals surface area contributed by atoms with Crippen LogP contribution in [0.15, 0.2) is 48.1 Å². The van der Waals surface area contributed by atoms with Gasteiger partial charge in [0.05, 0.1) is 0 Å². The second-order valence-electron chi connectivity index (χ2n) is 8.11. The Morgan fingerprint density at radius 3 is 2.86 bits per heavy atom. The summed E-state index contributed by atoms with van der Waals surface area (Å²) in [5, 5.41) is 0. The fraction of sp³-hybridized carbons (Fsp3) is 0.619. The van der Waals surface area contributed by atoms with Crippen molar-refractivity contribution in [2.45, 2.75) is 51.9 Å². The Bertz CT molecular complexity index is 546. The topological polar surface area (TPSA) is 0 Å². The number of allylic oxidation sites excluding steroid dienone is 6. The Balaban J connectivity index is 1.66. The van der Waals surface area contributed by atoms with Gasteiger partial charge >= 0.3 is 0 Å². The fourth-order valence-electron chi connectivity index (χ4n) is 6.22. The molecule has 0 aromatic rings. The quantitative estimate of drug-likeness (QED) is 0.529. The van der Waals surface area contributed by atoms with E-state index in [1.54, 1.807) is 11.1 Å². The smallest absolute Gasteiger partial charge is 0.00670 e. The van der Waals surface area contributed by atoms with E-state index in [4.69, 9.17) is 0 Å². The van der Waals surface area contributed by atoms with Crippen molar-refractivity contribution in [1.29, 1.82) is 0 Å². The summed E-state index contributed by atoms with van der Waals surface area (Å²) in [6.45, 7) is 10.9. The zero-order chi connectivity index (χ0) is 14.6. The lowest BCUT2D eigenvalue weighted by atomic mass is 9.53. The van der Waals surface area contributed by atoms with Crippen LogP contribution in [-0.2, 0) is 0 Å². The van der Waals surface area contributed by atoms with Crippen molar-refractivity contribution in [3.8, 4) is 0 Å². The summed E-state index contributed by atoms with van der Waals surface area (Å²) in [5.74, 6) is 3.48. The third-order valence-electron chi connectivity index (χ3n) is 7.32. The lowest BCUT2D eigenvalue weighted by Gasteiger charge is -2.51. The van der Waals surface area contributed by atoms with E-state index >= 15 is 0 Å². The highest BCUT2D eigenvalue weighted by Gasteiger charge is 2.53. The van der Waals surface area contributed by atoms with Crippen LogP contribution in [0.5, 0.6) is 0 Å². The number of fused-ring (bicyclic) bond motifs is 4. The average Bonchev–Trinajstić information content (AvgIpc) is 2.83. The molecule has 4 rings (SSSR count). The summed E-state index contributed by atoms with van der Waals surface area (Å²) in [4.78, 5) is 0. The summed E-state index contributed by atoms with van der Waals surface area (Å²) in [6, 6.07) is 0. The normalized spacial score (nSPS) is 45.1. The summed E-state index contributed by atoms with van der Waals surface area (Å²) >= 11 is 0. The predicted molar refractivity (Wildman–Crippen MR) is 89.9 cm³/mol. The molecule has 21 heavy (non-hydrogen) atoms. The van der Waals surface area contributed by atoms with E-state index in [1.807, 2.05) is 0 Å². The molecule has 0 N–H and O–H groups in total. The second kappa shape index (κ2) is 4.73. The van der Waals surface area contributed by atoms with Gasteiger partial charge < -0.3 is 0 Å². The maximum absolute atomic E-state index is 4.16. The standard InChI is InChI=1S/C21H28/c1-4-16-7-10-20-19-9-6-15-13-14(2)5-8-17(15)18(19)11-12-21(16,20)3/h4-5,8,16,18-20H,1-2,6-7,9-13H2,3H3/t16-,18?,19?,20?,21+/m0/s1. The zero-order valence-corrected chi connectivity index (χ0v) is 13.4. The summed E-state index contributed by atoms with van der Waals surface area (Å²) in [7, 11) is 0. The molecule has 112 valence electrons. The van der Waals surface area contributed by atoms with Gasteiger partial charge in [-0.3, -0.25) is 0 Å². The van der Waals surface area contributed by atoms with Crippen molar-refractivity contribution < 1.29 is 0 Å². The Morgan fingerprint density at radius 1 is 1.19 bits per heavy atom. The van der Waals surface area contributed by atoms with Crippen LogP contribution in [-0.4, -0.2) is 0 Å². The SMILES string of the molecule is C=C[C@H]1CCC2C3CCC4=C(C=CC(=C)C4)C3CC[C@@]21C. The molecule has 4 aliphatic rings. The number of hydrogen-bond donors (Lipinski definition) is 0. The van der Waals surface area contributed by atoms with Crippen molar-refractivity contribution >= 4 is 0 Å². The number of hydrogen-bond acceptors (Lipinski definition) is 0. The summed E-state index contributed by atoms with van der Waals surface area (Å²) in [6.07, 6.45) is 16.5. The van der Waals surface area contributed by atoms with Crippen LogP contribution in [0.25, 0.3) is 0 Å². The summed E-state index contributed by atoms with van der Waals surface area (Å²) < 4.78 is 0. The van der Waals surface area contributed by atoms with Crippen LogP contribution in [0.2, 0.25) is 0 Å². The minimum absolute atomic E-state index is 0.545. The number of rotatable bonds is 1. The lowest BCUT2D eigenvalue weighted by Crippen LogP contribution is -2.43. The van der Waals surface area contributed by atoms with Crippen molar-refractivity contribution in [1.82, 2.24) is 0 Å². The first kappa shape index (κ1) is 13.6. The third-order valence-corrected chi connectivity index (χ3v) is 7.32. The highest BCUT2D eigenvalue weighted by molar-refractivity contribution is 5.43. The third kappa shape index (κ3) is 1.87. The first-order valence-electron chi connectivity index (χ1n) is 8.84. The van der Waals surface area contributed by atoms with Crippen LogP contribution in [0.1, 0.15) is 51.9 Å². The van der Waals surface area contributed by atoms with Gasteiger partial charge in [0.25, 0.3) is 0 Å². The van der Waals surface area contributed by atoms with Crippen LogP contribution in [0, 0.1) is 29.1 Å². The van der Waals surface area contributed by atoms with Gasteiger partial charge in [0.15, 0.2) is 0 Å². The van der Waals surface area contributed by atoms with Crippen molar-refractivity contribution in [2.24, 2.45) is 29.1 Å². The van der Waals surface area contributed by atoms with E-state index in [0.29, 0.717) is 5.41 Å². The Labute approximate surface area is 129 Å². The van der Waals surface area contributed by atoms with Gasteiger partial charge in [-0.1, -0.05) is 42.9 Å². The molecule has 0 nitrogen and oxygen atoms in total. The predicted octanol–water partition coefficient (Wildman–Crippen LogP) is 5.84. The molecule has 0 amide bonds. The van der Waals surface area contributed by atoms with Gasteiger partial charge in [0, 0.05) is 0 Å². The molecule has 0 aromatic heterocycles. The van der Waals surface area contributed by atoms with E-state index in [9.17, 15) is 0 Å². The van der Waals surface area contributed by atoms with Crippen LogP contribution >= 0.6 is 0 Å². The van der Waals surface area contributed by atoms with Gasteiger partial charge in [-0.05, 0) is 79.6 Å². The minimum Gasteiger partial charge on any atom is -0.103 e. The Hall–Kier alpha value is -1.04. The Morgan fingerprint density at radius 2 is 2.05 bits per heavy atom. The van der Waals surface area contributed by atoms with E-state index in [0.717, 1.165) is 30.1 Å². The highest BCUT2D eigenvalue weighted by Crippen LogP contribution is 2.62. The molecule has 0 bridgehead atoms. The molecule has 0 heteroatoms. The van der Waals surface area contributed by atoms with Crippen molar-refractivity contribution in [2.75, 3.05) is 0 Å². The molecule has 0 aromatic carbocycles. The van der Waals surface area contributed by atoms with E-state index in [1.165, 1.54) is 44.1 Å². The van der Waals surface area contributed by atoms with E-state index in [-0.39, 0.29) is 0 Å². The molecule has 0 spiro atoms. The molecule has 4 aliphatic carbocycles. The lowest BCUT2D eigenvalue weighted by molar-refractivity contribution is 0.0278. The summed E-state index contributed by atoms with van der Waals surface area (Å²) in [5.41, 5.74) is 5.27. The molecule has 0 saturated heterocycles.